The van der Waals surface area contributed by atoms with Crippen LogP contribution in [0.15, 0.2) is 35.9 Å². The van der Waals surface area contributed by atoms with Gasteiger partial charge < -0.3 is 10.1 Å². The van der Waals surface area contributed by atoms with Crippen LogP contribution in [0.5, 0.6) is 5.75 Å². The second kappa shape index (κ2) is 10.3. The second-order valence-electron chi connectivity index (χ2n) is 8.36. The number of ether oxygens (including phenoxy) is 1. The smallest absolute Gasteiger partial charge is 0.220 e. The van der Waals surface area contributed by atoms with Gasteiger partial charge in [0.05, 0.1) is 13.4 Å². The first-order valence-corrected chi connectivity index (χ1v) is 12.0. The van der Waals surface area contributed by atoms with E-state index in [-0.39, 0.29) is 17.7 Å². The van der Waals surface area contributed by atoms with E-state index in [2.05, 4.69) is 30.0 Å². The zero-order valence-corrected chi connectivity index (χ0v) is 18.9. The second-order valence-corrected chi connectivity index (χ2v) is 10.2. The van der Waals surface area contributed by atoms with Crippen molar-refractivity contribution in [1.29, 1.82) is 0 Å². The minimum atomic E-state index is -3.21. The fourth-order valence-electron chi connectivity index (χ4n) is 4.00. The summed E-state index contributed by atoms with van der Waals surface area (Å²) < 4.78 is 30.7. The molecule has 1 aliphatic rings. The molecule has 0 saturated heterocycles. The Morgan fingerprint density at radius 1 is 1.24 bits per heavy atom. The summed E-state index contributed by atoms with van der Waals surface area (Å²) >= 11 is 0. The van der Waals surface area contributed by atoms with Crippen LogP contribution in [0, 0.1) is 23.7 Å². The Kier molecular flexibility index (Phi) is 8.28. The predicted molar refractivity (Wildman–Crippen MR) is 116 cm³/mol. The molecule has 0 spiro atoms. The summed E-state index contributed by atoms with van der Waals surface area (Å²) in [6.07, 6.45) is 4.69. The highest BCUT2D eigenvalue weighted by molar-refractivity contribution is 7.88. The highest BCUT2D eigenvalue weighted by Gasteiger charge is 2.32. The summed E-state index contributed by atoms with van der Waals surface area (Å²) in [4.78, 5) is 12.5. The number of hydrogen-bond acceptors (Lipinski definition) is 4. The molecule has 1 amide bonds. The summed E-state index contributed by atoms with van der Waals surface area (Å²) in [5.41, 5.74) is 2.20. The highest BCUT2D eigenvalue weighted by Crippen LogP contribution is 2.38. The van der Waals surface area contributed by atoms with Gasteiger partial charge in [-0.1, -0.05) is 37.6 Å². The van der Waals surface area contributed by atoms with Gasteiger partial charge >= 0.3 is 0 Å². The zero-order valence-electron chi connectivity index (χ0n) is 18.1. The molecule has 1 aromatic rings. The van der Waals surface area contributed by atoms with E-state index in [1.54, 1.807) is 7.11 Å². The molecule has 3 atom stereocenters. The topological polar surface area (TPSA) is 84.5 Å². The van der Waals surface area contributed by atoms with Crippen molar-refractivity contribution in [3.05, 3.63) is 41.5 Å². The number of methoxy groups -OCH3 is 1. The molecule has 0 aliphatic heterocycles. The van der Waals surface area contributed by atoms with Gasteiger partial charge in [0.25, 0.3) is 0 Å². The van der Waals surface area contributed by atoms with E-state index in [4.69, 9.17) is 4.74 Å². The van der Waals surface area contributed by atoms with Crippen LogP contribution in [-0.2, 0) is 21.4 Å². The van der Waals surface area contributed by atoms with Crippen LogP contribution in [0.4, 0.5) is 0 Å². The molecule has 6 nitrogen and oxygen atoms in total. The number of amides is 1. The van der Waals surface area contributed by atoms with Gasteiger partial charge in [-0.15, -0.1) is 0 Å². The Balaban J connectivity index is 1.95. The Bertz CT molecular complexity index is 816. The largest absolute Gasteiger partial charge is 0.497 e. The van der Waals surface area contributed by atoms with Crippen molar-refractivity contribution in [3.63, 3.8) is 0 Å². The lowest BCUT2D eigenvalue weighted by Crippen LogP contribution is -2.37. The van der Waals surface area contributed by atoms with E-state index < -0.39 is 10.0 Å². The molecule has 29 heavy (non-hydrogen) atoms. The molecule has 0 aromatic heterocycles. The van der Waals surface area contributed by atoms with Crippen LogP contribution >= 0.6 is 0 Å². The van der Waals surface area contributed by atoms with E-state index in [1.807, 2.05) is 31.2 Å². The van der Waals surface area contributed by atoms with E-state index in [0.717, 1.165) is 17.7 Å². The average molecular weight is 423 g/mol. The van der Waals surface area contributed by atoms with E-state index in [1.165, 1.54) is 11.8 Å². The molecule has 0 heterocycles. The van der Waals surface area contributed by atoms with Crippen molar-refractivity contribution in [3.8, 4) is 5.75 Å². The number of rotatable bonds is 9. The van der Waals surface area contributed by atoms with Crippen molar-refractivity contribution < 1.29 is 17.9 Å². The van der Waals surface area contributed by atoms with Crippen molar-refractivity contribution in [2.75, 3.05) is 19.9 Å². The van der Waals surface area contributed by atoms with E-state index >= 15 is 0 Å². The van der Waals surface area contributed by atoms with Gasteiger partial charge in [0, 0.05) is 19.5 Å². The Morgan fingerprint density at radius 3 is 2.45 bits per heavy atom. The first-order chi connectivity index (χ1) is 13.6. The van der Waals surface area contributed by atoms with E-state index in [0.29, 0.717) is 31.3 Å². The van der Waals surface area contributed by atoms with Gasteiger partial charge in [0.1, 0.15) is 5.75 Å². The van der Waals surface area contributed by atoms with Gasteiger partial charge in [-0.25, -0.2) is 13.1 Å². The highest BCUT2D eigenvalue weighted by atomic mass is 32.2. The first kappa shape index (κ1) is 23.4. The predicted octanol–water partition coefficient (Wildman–Crippen LogP) is 3.11. The van der Waals surface area contributed by atoms with Crippen LogP contribution in [-0.4, -0.2) is 34.2 Å². The number of sulfonamides is 1. The maximum absolute atomic E-state index is 12.5. The fraction of sp³-hybridized carbons (Fsp3) is 0.591. The molecule has 1 aliphatic carbocycles. The van der Waals surface area contributed by atoms with Crippen LogP contribution in [0.25, 0.3) is 0 Å². The summed E-state index contributed by atoms with van der Waals surface area (Å²) in [7, 11) is -1.58. The van der Waals surface area contributed by atoms with Crippen LogP contribution < -0.4 is 14.8 Å². The van der Waals surface area contributed by atoms with Gasteiger partial charge in [-0.2, -0.15) is 0 Å². The molecule has 0 fully saturated rings. The number of benzene rings is 1. The Labute approximate surface area is 175 Å². The van der Waals surface area contributed by atoms with Crippen LogP contribution in [0.1, 0.15) is 39.2 Å². The molecule has 0 bridgehead atoms. The Morgan fingerprint density at radius 2 is 1.90 bits per heavy atom. The van der Waals surface area contributed by atoms with Gasteiger partial charge in [-0.05, 0) is 54.7 Å². The van der Waals surface area contributed by atoms with Gasteiger partial charge in [0.15, 0.2) is 0 Å². The molecule has 7 heteroatoms. The van der Waals surface area contributed by atoms with Crippen LogP contribution in [0.3, 0.4) is 0 Å². The van der Waals surface area contributed by atoms with Crippen molar-refractivity contribution in [2.45, 2.75) is 40.2 Å². The minimum Gasteiger partial charge on any atom is -0.497 e. The third-order valence-corrected chi connectivity index (χ3v) is 6.44. The number of nitrogens with one attached hydrogen (secondary N) is 2. The number of allylic oxidation sites excluding steroid dienone is 1. The quantitative estimate of drug-likeness (QED) is 0.599. The van der Waals surface area contributed by atoms with Gasteiger partial charge in [-0.3, -0.25) is 4.79 Å². The molecule has 2 N–H and O–H groups in total. The monoisotopic (exact) mass is 422 g/mol. The maximum atomic E-state index is 12.5. The molecule has 1 aromatic carbocycles. The minimum absolute atomic E-state index is 0.0359. The third-order valence-electron chi connectivity index (χ3n) is 5.75. The molecular formula is C22H34N2O4S. The number of carbonyl (C=O) groups is 1. The van der Waals surface area contributed by atoms with Crippen molar-refractivity contribution >= 4 is 15.9 Å². The van der Waals surface area contributed by atoms with Crippen molar-refractivity contribution in [2.24, 2.45) is 23.7 Å². The molecule has 0 saturated carbocycles. The molecule has 2 rings (SSSR count). The maximum Gasteiger partial charge on any atom is 0.220 e. The van der Waals surface area contributed by atoms with Crippen molar-refractivity contribution in [1.82, 2.24) is 10.0 Å². The van der Waals surface area contributed by atoms with Crippen LogP contribution in [0.2, 0.25) is 0 Å². The molecule has 162 valence electrons. The molecule has 0 unspecified atom stereocenters. The summed E-state index contributed by atoms with van der Waals surface area (Å²) in [6, 6.07) is 7.65. The zero-order chi connectivity index (χ0) is 21.6. The lowest BCUT2D eigenvalue weighted by Gasteiger charge is -2.37. The molecule has 0 radical (unpaired) electrons. The SMILES string of the molecule is COc1ccc(CNC(=O)C[C@@H]2C[C@@H](C(C)C)[C@H](CNS(C)(=O)=O)C=C2C)cc1. The summed E-state index contributed by atoms with van der Waals surface area (Å²) in [5.74, 6) is 1.93. The first-order valence-electron chi connectivity index (χ1n) is 10.1. The average Bonchev–Trinajstić information content (AvgIpc) is 2.66. The standard InChI is InChI=1S/C22H34N2O4S/c1-15(2)21-11-18(16(3)10-19(21)14-24-29(5,26)27)12-22(25)23-13-17-6-8-20(28-4)9-7-17/h6-10,15,18-19,21,24H,11-14H2,1-5H3,(H,23,25)/t18-,19-,21-/m0/s1. The third kappa shape index (κ3) is 7.48. The Hall–Kier alpha value is -1.86. The summed E-state index contributed by atoms with van der Waals surface area (Å²) in [6.45, 7) is 7.27. The lowest BCUT2D eigenvalue weighted by atomic mass is 9.70. The normalized spacial score (nSPS) is 22.3. The summed E-state index contributed by atoms with van der Waals surface area (Å²) in [5, 5.41) is 3.01. The fourth-order valence-corrected chi connectivity index (χ4v) is 4.49. The van der Waals surface area contributed by atoms with Gasteiger partial charge in [0.2, 0.25) is 15.9 Å². The number of carbonyl (C=O) groups excluding carboxylic acids is 1. The molecular weight excluding hydrogens is 388 g/mol. The number of hydrogen-bond donors (Lipinski definition) is 2. The lowest BCUT2D eigenvalue weighted by molar-refractivity contribution is -0.122. The van der Waals surface area contributed by atoms with E-state index in [9.17, 15) is 13.2 Å².